The molecule has 6 N–H and O–H groups in total. The standard InChI is InChI=1S/C58H71F5N10O8/c1-30-6-11-35(24-42(30)59)39-26-44(39)66-54(78)48-16-13-37-18-20-70(28-46(56(80)72(37)48)68-52(76)31(2)64-4)50(74)22-33-7-9-34(10-8-33)23-51(75)71-21-19-38-14-17-49(73(38)57(81)47(29-71)69-53(77)32(3)65-5)55(79)67-45-27-40(45)36-12-15-41(43(60)25-36)58(61,62)63/h6-12,15,24-25,31-32,37-40,44-49,64-65H,13-14,16-23,26-29H2,1-5H3,(H,66,78)(H,67,79)(H,68,76)(H,69,77)/t31-,32-,37+,38+,39+,40+,44-,45-,46+,47-,48-,49-/m0/s1. The molecule has 6 fully saturated rings. The summed E-state index contributed by atoms with van der Waals surface area (Å²) in [5.41, 5.74) is 1.51. The Morgan fingerprint density at radius 3 is 1.40 bits per heavy atom. The van der Waals surface area contributed by atoms with Crippen molar-refractivity contribution in [2.45, 2.75) is 163 Å². The van der Waals surface area contributed by atoms with Gasteiger partial charge in [0.05, 0.1) is 30.5 Å². The lowest BCUT2D eigenvalue weighted by Gasteiger charge is -2.39. The van der Waals surface area contributed by atoms with E-state index in [1.54, 1.807) is 75.0 Å². The Morgan fingerprint density at radius 2 is 1.00 bits per heavy atom. The number of alkyl halides is 3. The number of carbonyl (C=O) groups excluding carboxylic acids is 8. The van der Waals surface area contributed by atoms with Gasteiger partial charge in [-0.3, -0.25) is 38.4 Å². The first-order valence-electron chi connectivity index (χ1n) is 28.0. The molecule has 23 heteroatoms. The van der Waals surface area contributed by atoms with Crippen molar-refractivity contribution in [1.82, 2.24) is 51.5 Å². The van der Waals surface area contributed by atoms with Crippen LogP contribution in [0.15, 0.2) is 60.7 Å². The second-order valence-electron chi connectivity index (χ2n) is 22.7. The van der Waals surface area contributed by atoms with Crippen LogP contribution in [-0.4, -0.2) is 168 Å². The van der Waals surface area contributed by atoms with E-state index >= 15 is 0 Å². The maximum Gasteiger partial charge on any atom is 0.419 e. The highest BCUT2D eigenvalue weighted by atomic mass is 19.4. The van der Waals surface area contributed by atoms with E-state index in [9.17, 15) is 60.3 Å². The minimum atomic E-state index is -4.85. The van der Waals surface area contributed by atoms with Crippen molar-refractivity contribution in [1.29, 1.82) is 0 Å². The molecule has 4 heterocycles. The van der Waals surface area contributed by atoms with Gasteiger partial charge in [0.25, 0.3) is 0 Å². The zero-order valence-electron chi connectivity index (χ0n) is 46.0. The Morgan fingerprint density at radius 1 is 0.580 bits per heavy atom. The fraction of sp³-hybridized carbons (Fsp3) is 0.552. The number of nitrogens with one attached hydrogen (secondary N) is 6. The van der Waals surface area contributed by atoms with Gasteiger partial charge in [0, 0.05) is 62.2 Å². The highest BCUT2D eigenvalue weighted by Crippen LogP contribution is 2.44. The summed E-state index contributed by atoms with van der Waals surface area (Å²) in [6.45, 7) is 5.07. The van der Waals surface area contributed by atoms with E-state index in [1.165, 1.54) is 21.9 Å². The highest BCUT2D eigenvalue weighted by Gasteiger charge is 2.50. The SMILES string of the molecule is CN[C@@H](C)C(=O)N[C@H]1CN(C(=O)Cc2ccc(CC(=O)N3CC[C@H]4CC[C@@H](C(=O)N[C@H]5C[C@@H]5c5ccc(C)c(F)c5)N4C(=O)[C@H](NC(=O)[C@H](C)NC)C3)cc2)CC[C@H]2CC[C@@H](C(=O)N[C@H]3C[C@@H]3c3ccc(C(F)(F)F)c(F)c3)N2C1=O. The van der Waals surface area contributed by atoms with Crippen LogP contribution in [0.4, 0.5) is 22.0 Å². The Hall–Kier alpha value is -7.01. The van der Waals surface area contributed by atoms with Crippen molar-refractivity contribution in [2.75, 3.05) is 40.3 Å². The average Bonchev–Trinajstić information content (AvgIpc) is 4.46. The quantitative estimate of drug-likeness (QED) is 0.115. The maximum atomic E-state index is 14.5. The Labute approximate surface area is 467 Å². The molecule has 0 unspecified atom stereocenters. The molecule has 8 amide bonds. The Balaban J connectivity index is 0.817. The van der Waals surface area contributed by atoms with E-state index < -0.39 is 101 Å². The van der Waals surface area contributed by atoms with Crippen molar-refractivity contribution >= 4 is 47.3 Å². The minimum absolute atomic E-state index is 0.0420. The van der Waals surface area contributed by atoms with Crippen LogP contribution in [0.5, 0.6) is 0 Å². The van der Waals surface area contributed by atoms with Crippen LogP contribution in [-0.2, 0) is 57.4 Å². The molecule has 81 heavy (non-hydrogen) atoms. The molecule has 4 saturated heterocycles. The van der Waals surface area contributed by atoms with E-state index in [2.05, 4.69) is 31.9 Å². The van der Waals surface area contributed by atoms with Crippen LogP contribution in [0.3, 0.4) is 0 Å². The molecule has 0 radical (unpaired) electrons. The smallest absolute Gasteiger partial charge is 0.351 e. The van der Waals surface area contributed by atoms with Crippen LogP contribution < -0.4 is 31.9 Å². The molecule has 12 atom stereocenters. The van der Waals surface area contributed by atoms with E-state index in [4.69, 9.17) is 0 Å². The van der Waals surface area contributed by atoms with Gasteiger partial charge in [-0.15, -0.1) is 0 Å². The van der Waals surface area contributed by atoms with E-state index in [1.807, 2.05) is 6.07 Å². The van der Waals surface area contributed by atoms with E-state index in [0.29, 0.717) is 73.3 Å². The predicted molar refractivity (Wildman–Crippen MR) is 286 cm³/mol. The van der Waals surface area contributed by atoms with Crippen molar-refractivity contribution in [2.24, 2.45) is 0 Å². The summed E-state index contributed by atoms with van der Waals surface area (Å²) >= 11 is 0. The van der Waals surface area contributed by atoms with E-state index in [-0.39, 0.29) is 87.0 Å². The molecule has 2 aliphatic carbocycles. The summed E-state index contributed by atoms with van der Waals surface area (Å²) in [6, 6.07) is 7.74. The zero-order chi connectivity index (χ0) is 58.2. The zero-order valence-corrected chi connectivity index (χ0v) is 46.0. The molecular formula is C58H71F5N10O8. The summed E-state index contributed by atoms with van der Waals surface area (Å²) in [5.74, 6) is -5.52. The lowest BCUT2D eigenvalue weighted by Crippen LogP contribution is -2.62. The fourth-order valence-corrected chi connectivity index (χ4v) is 12.0. The molecule has 18 nitrogen and oxygen atoms in total. The lowest BCUT2D eigenvalue weighted by atomic mass is 10.0. The Bertz CT molecular complexity index is 2930. The van der Waals surface area contributed by atoms with Gasteiger partial charge in [-0.05, 0) is 132 Å². The maximum absolute atomic E-state index is 14.5. The molecule has 0 bridgehead atoms. The third-order valence-corrected chi connectivity index (χ3v) is 17.3. The van der Waals surface area contributed by atoms with Gasteiger partial charge in [-0.1, -0.05) is 42.5 Å². The van der Waals surface area contributed by atoms with Crippen LogP contribution in [0.2, 0.25) is 0 Å². The Kier molecular flexibility index (Phi) is 17.5. The first-order chi connectivity index (χ1) is 38.5. The molecule has 2 saturated carbocycles. The molecule has 3 aromatic carbocycles. The van der Waals surface area contributed by atoms with Gasteiger partial charge in [0.1, 0.15) is 35.8 Å². The van der Waals surface area contributed by atoms with Gasteiger partial charge in [0.2, 0.25) is 47.3 Å². The number of likely N-dealkylation sites (N-methyl/N-ethyl adjacent to an activating group) is 2. The number of halogens is 5. The highest BCUT2D eigenvalue weighted by molar-refractivity contribution is 5.96. The number of hydrogen-bond donors (Lipinski definition) is 6. The molecule has 4 aliphatic heterocycles. The summed E-state index contributed by atoms with van der Waals surface area (Å²) in [6.07, 6.45) is -1.60. The number of aryl methyl sites for hydroxylation is 1. The lowest BCUT2D eigenvalue weighted by molar-refractivity contribution is -0.147. The predicted octanol–water partition coefficient (Wildman–Crippen LogP) is 3.09. The number of hydrogen-bond acceptors (Lipinski definition) is 10. The number of fused-ring (bicyclic) bond motifs is 2. The second kappa shape index (κ2) is 24.2. The molecule has 0 spiro atoms. The fourth-order valence-electron chi connectivity index (χ4n) is 12.0. The first-order valence-corrected chi connectivity index (χ1v) is 28.0. The largest absolute Gasteiger partial charge is 0.419 e. The molecule has 9 rings (SSSR count). The normalized spacial score (nSPS) is 27.1. The molecule has 0 aromatic heterocycles. The summed E-state index contributed by atoms with van der Waals surface area (Å²) in [4.78, 5) is 118. The third-order valence-electron chi connectivity index (χ3n) is 17.3. The summed E-state index contributed by atoms with van der Waals surface area (Å²) < 4.78 is 68.3. The van der Waals surface area contributed by atoms with Crippen LogP contribution in [0.1, 0.15) is 110 Å². The number of nitrogens with zero attached hydrogens (tertiary/aromatic N) is 4. The van der Waals surface area contributed by atoms with Gasteiger partial charge >= 0.3 is 6.18 Å². The molecule has 436 valence electrons. The minimum Gasteiger partial charge on any atom is -0.351 e. The van der Waals surface area contributed by atoms with Gasteiger partial charge in [-0.2, -0.15) is 13.2 Å². The molecular weight excluding hydrogens is 1060 g/mol. The van der Waals surface area contributed by atoms with Crippen LogP contribution in [0, 0.1) is 18.6 Å². The van der Waals surface area contributed by atoms with Gasteiger partial charge < -0.3 is 51.5 Å². The number of carbonyl (C=O) groups is 8. The monoisotopic (exact) mass is 1130 g/mol. The number of amides is 8. The van der Waals surface area contributed by atoms with Crippen LogP contribution >= 0.6 is 0 Å². The van der Waals surface area contributed by atoms with Gasteiger partial charge in [-0.25, -0.2) is 8.78 Å². The van der Waals surface area contributed by atoms with Crippen LogP contribution in [0.25, 0.3) is 0 Å². The third kappa shape index (κ3) is 13.2. The topological polar surface area (TPSA) is 222 Å². The average molecular weight is 1130 g/mol. The number of rotatable bonds is 16. The number of benzene rings is 3. The van der Waals surface area contributed by atoms with Gasteiger partial charge in [0.15, 0.2) is 0 Å². The van der Waals surface area contributed by atoms with Crippen molar-refractivity contribution < 1.29 is 60.3 Å². The van der Waals surface area contributed by atoms with Crippen molar-refractivity contribution in [3.8, 4) is 0 Å². The summed E-state index contributed by atoms with van der Waals surface area (Å²) in [7, 11) is 3.19. The summed E-state index contributed by atoms with van der Waals surface area (Å²) in [5, 5.41) is 17.3. The van der Waals surface area contributed by atoms with Crippen molar-refractivity contribution in [3.63, 3.8) is 0 Å². The molecule has 3 aromatic rings. The molecule has 6 aliphatic rings. The van der Waals surface area contributed by atoms with E-state index in [0.717, 1.165) is 11.6 Å². The van der Waals surface area contributed by atoms with Crippen molar-refractivity contribution in [3.05, 3.63) is 106 Å². The first kappa shape index (κ1) is 58.6. The second-order valence-corrected chi connectivity index (χ2v) is 22.7.